The lowest BCUT2D eigenvalue weighted by molar-refractivity contribution is 0.0696. The van der Waals surface area contributed by atoms with E-state index >= 15 is 0 Å². The molecule has 0 saturated carbocycles. The topological polar surface area (TPSA) is 67.4 Å². The Balaban J connectivity index is 1.59. The lowest BCUT2D eigenvalue weighted by Crippen LogP contribution is -2.38. The van der Waals surface area contributed by atoms with Crippen LogP contribution in [0.25, 0.3) is 0 Å². The number of anilines is 1. The number of thiophene rings is 1. The van der Waals surface area contributed by atoms with Crippen molar-refractivity contribution < 1.29 is 14.3 Å². The second-order valence-corrected chi connectivity index (χ2v) is 6.60. The average Bonchev–Trinajstić information content (AvgIpc) is 3.02. The molecular weight excluding hydrogens is 324 g/mol. The highest BCUT2D eigenvalue weighted by Gasteiger charge is 2.17. The zero-order valence-electron chi connectivity index (χ0n) is 13.5. The van der Waals surface area contributed by atoms with E-state index in [1.54, 1.807) is 24.3 Å². The van der Waals surface area contributed by atoms with Gasteiger partial charge in [0.2, 0.25) is 0 Å². The maximum absolute atomic E-state index is 12.2. The Hall–Kier alpha value is -2.18. The van der Waals surface area contributed by atoms with E-state index in [0.717, 1.165) is 18.4 Å². The molecule has 1 aliphatic rings. The van der Waals surface area contributed by atoms with Gasteiger partial charge >= 0.3 is 0 Å². The number of aryl methyl sites for hydroxylation is 1. The number of amides is 2. The van der Waals surface area contributed by atoms with E-state index in [0.29, 0.717) is 30.0 Å². The van der Waals surface area contributed by atoms with Crippen LogP contribution in [-0.2, 0) is 4.74 Å². The molecule has 2 N–H and O–H groups in total. The van der Waals surface area contributed by atoms with E-state index in [1.165, 1.54) is 11.3 Å². The van der Waals surface area contributed by atoms with Gasteiger partial charge in [-0.15, -0.1) is 0 Å². The summed E-state index contributed by atoms with van der Waals surface area (Å²) in [5, 5.41) is 9.65. The zero-order chi connectivity index (χ0) is 16.9. The van der Waals surface area contributed by atoms with Crippen LogP contribution in [-0.4, -0.2) is 31.1 Å². The Bertz CT molecular complexity index is 718. The standard InChI is InChI=1S/C18H20N2O3S/c1-12-10-24-11-16(12)18(22)20-14-4-2-13(3-5-14)17(21)19-15-6-8-23-9-7-15/h2-5,10-11,15H,6-9H2,1H3,(H,19,21)(H,20,22). The monoisotopic (exact) mass is 344 g/mol. The van der Waals surface area contributed by atoms with Crippen LogP contribution in [0, 0.1) is 6.92 Å². The minimum absolute atomic E-state index is 0.0894. The van der Waals surface area contributed by atoms with Crippen molar-refractivity contribution in [3.8, 4) is 0 Å². The van der Waals surface area contributed by atoms with E-state index < -0.39 is 0 Å². The molecule has 24 heavy (non-hydrogen) atoms. The first-order chi connectivity index (χ1) is 11.6. The van der Waals surface area contributed by atoms with Gasteiger partial charge in [-0.1, -0.05) is 0 Å². The van der Waals surface area contributed by atoms with Crippen LogP contribution in [0.2, 0.25) is 0 Å². The number of ether oxygens (including phenoxy) is 1. The summed E-state index contributed by atoms with van der Waals surface area (Å²) in [6.45, 7) is 3.30. The van der Waals surface area contributed by atoms with Crippen LogP contribution >= 0.6 is 11.3 Å². The summed E-state index contributed by atoms with van der Waals surface area (Å²) in [7, 11) is 0. The van der Waals surface area contributed by atoms with Gasteiger partial charge in [-0.2, -0.15) is 11.3 Å². The van der Waals surface area contributed by atoms with Gasteiger partial charge in [-0.3, -0.25) is 9.59 Å². The smallest absolute Gasteiger partial charge is 0.256 e. The summed E-state index contributed by atoms with van der Waals surface area (Å²) in [6.07, 6.45) is 1.69. The fourth-order valence-corrected chi connectivity index (χ4v) is 3.44. The van der Waals surface area contributed by atoms with Crippen molar-refractivity contribution in [1.29, 1.82) is 0 Å². The molecular formula is C18H20N2O3S. The molecule has 1 saturated heterocycles. The molecule has 1 aliphatic heterocycles. The largest absolute Gasteiger partial charge is 0.381 e. The van der Waals surface area contributed by atoms with E-state index in [4.69, 9.17) is 4.74 Å². The Labute approximate surface area is 145 Å². The van der Waals surface area contributed by atoms with E-state index in [2.05, 4.69) is 10.6 Å². The third-order valence-corrected chi connectivity index (χ3v) is 4.92. The Kier molecular flexibility index (Phi) is 5.27. The van der Waals surface area contributed by atoms with E-state index in [-0.39, 0.29) is 17.9 Å². The number of benzene rings is 1. The van der Waals surface area contributed by atoms with E-state index in [1.807, 2.05) is 17.7 Å². The fraction of sp³-hybridized carbons (Fsp3) is 0.333. The molecule has 0 atom stereocenters. The molecule has 2 aromatic rings. The third-order valence-electron chi connectivity index (χ3n) is 4.06. The summed E-state index contributed by atoms with van der Waals surface area (Å²) in [4.78, 5) is 24.4. The van der Waals surface area contributed by atoms with Gasteiger partial charge in [0.05, 0.1) is 5.56 Å². The lowest BCUT2D eigenvalue weighted by Gasteiger charge is -2.23. The van der Waals surface area contributed by atoms with Crippen LogP contribution < -0.4 is 10.6 Å². The van der Waals surface area contributed by atoms with Crippen molar-refractivity contribution in [2.45, 2.75) is 25.8 Å². The quantitative estimate of drug-likeness (QED) is 0.895. The molecule has 0 aliphatic carbocycles. The second kappa shape index (κ2) is 7.59. The maximum atomic E-state index is 12.2. The molecule has 0 unspecified atom stereocenters. The molecule has 1 aromatic carbocycles. The Morgan fingerprint density at radius 3 is 2.42 bits per heavy atom. The first-order valence-electron chi connectivity index (χ1n) is 7.96. The highest BCUT2D eigenvalue weighted by Crippen LogP contribution is 2.17. The number of nitrogens with one attached hydrogen (secondary N) is 2. The van der Waals surface area contributed by atoms with Gasteiger partial charge in [0.25, 0.3) is 11.8 Å². The number of carbonyl (C=O) groups excluding carboxylic acids is 2. The van der Waals surface area contributed by atoms with Crippen molar-refractivity contribution in [1.82, 2.24) is 5.32 Å². The first-order valence-corrected chi connectivity index (χ1v) is 8.90. The SMILES string of the molecule is Cc1cscc1C(=O)Nc1ccc(C(=O)NC2CCOCC2)cc1. The summed E-state index contributed by atoms with van der Waals surface area (Å²) in [6, 6.07) is 7.12. The number of rotatable bonds is 4. The van der Waals surface area contributed by atoms with Crippen molar-refractivity contribution in [2.24, 2.45) is 0 Å². The fourth-order valence-electron chi connectivity index (χ4n) is 2.61. The predicted molar refractivity (Wildman–Crippen MR) is 94.8 cm³/mol. The van der Waals surface area contributed by atoms with Crippen LogP contribution in [0.4, 0.5) is 5.69 Å². The van der Waals surface area contributed by atoms with Crippen LogP contribution in [0.5, 0.6) is 0 Å². The molecule has 0 bridgehead atoms. The average molecular weight is 344 g/mol. The van der Waals surface area contributed by atoms with Gasteiger partial charge in [0.1, 0.15) is 0 Å². The third kappa shape index (κ3) is 4.01. The van der Waals surface area contributed by atoms with Crippen LogP contribution in [0.1, 0.15) is 39.1 Å². The first kappa shape index (κ1) is 16.7. The molecule has 2 heterocycles. The van der Waals surface area contributed by atoms with Gasteiger partial charge in [-0.05, 0) is 55.0 Å². The number of hydrogen-bond donors (Lipinski definition) is 2. The van der Waals surface area contributed by atoms with Crippen LogP contribution in [0.15, 0.2) is 35.0 Å². The normalized spacial score (nSPS) is 15.0. The van der Waals surface area contributed by atoms with Crippen molar-refractivity contribution >= 4 is 28.8 Å². The molecule has 5 nitrogen and oxygen atoms in total. The maximum Gasteiger partial charge on any atom is 0.256 e. The molecule has 1 aromatic heterocycles. The minimum Gasteiger partial charge on any atom is -0.381 e. The minimum atomic E-state index is -0.131. The molecule has 6 heteroatoms. The molecule has 3 rings (SSSR count). The van der Waals surface area contributed by atoms with Crippen LogP contribution in [0.3, 0.4) is 0 Å². The summed E-state index contributed by atoms with van der Waals surface area (Å²) < 4.78 is 5.29. The number of carbonyl (C=O) groups is 2. The molecule has 126 valence electrons. The highest BCUT2D eigenvalue weighted by atomic mass is 32.1. The van der Waals surface area contributed by atoms with Crippen molar-refractivity contribution in [3.05, 3.63) is 51.7 Å². The summed E-state index contributed by atoms with van der Waals surface area (Å²) >= 11 is 1.51. The van der Waals surface area contributed by atoms with Gasteiger partial charge < -0.3 is 15.4 Å². The zero-order valence-corrected chi connectivity index (χ0v) is 14.3. The molecule has 0 spiro atoms. The highest BCUT2D eigenvalue weighted by molar-refractivity contribution is 7.08. The van der Waals surface area contributed by atoms with Crippen molar-refractivity contribution in [3.63, 3.8) is 0 Å². The molecule has 0 radical (unpaired) electrons. The van der Waals surface area contributed by atoms with Gasteiger partial charge in [0.15, 0.2) is 0 Å². The second-order valence-electron chi connectivity index (χ2n) is 5.86. The molecule has 1 fully saturated rings. The predicted octanol–water partition coefficient (Wildman–Crippen LogP) is 3.22. The van der Waals surface area contributed by atoms with Gasteiger partial charge in [0, 0.05) is 35.9 Å². The molecule has 2 amide bonds. The van der Waals surface area contributed by atoms with E-state index in [9.17, 15) is 9.59 Å². The summed E-state index contributed by atoms with van der Waals surface area (Å²) in [5.74, 6) is -0.221. The number of hydrogen-bond acceptors (Lipinski definition) is 4. The van der Waals surface area contributed by atoms with Gasteiger partial charge in [-0.25, -0.2) is 0 Å². The summed E-state index contributed by atoms with van der Waals surface area (Å²) in [5.41, 5.74) is 2.91. The Morgan fingerprint density at radius 1 is 1.08 bits per heavy atom. The van der Waals surface area contributed by atoms with Crippen molar-refractivity contribution in [2.75, 3.05) is 18.5 Å². The Morgan fingerprint density at radius 2 is 1.79 bits per heavy atom. The lowest BCUT2D eigenvalue weighted by atomic mass is 10.1.